The van der Waals surface area contributed by atoms with Crippen molar-refractivity contribution in [3.8, 4) is 0 Å². The first-order valence-electron chi connectivity index (χ1n) is 8.21. The molecule has 0 radical (unpaired) electrons. The van der Waals surface area contributed by atoms with E-state index >= 15 is 0 Å². The third-order valence-electron chi connectivity index (χ3n) is 3.99. The standard InChI is InChI=1S/C16H28N4O3/c1-13-11-16(19(2)18-13)20-7-4-5-14(12-20)17-15(21)6-8-23-10-9-22-3/h11,14H,4-10,12H2,1-3H3,(H,17,21)/t14-/m0/s1. The fraction of sp³-hybridized carbons (Fsp3) is 0.750. The molecular weight excluding hydrogens is 296 g/mol. The zero-order chi connectivity index (χ0) is 16.7. The van der Waals surface area contributed by atoms with Crippen LogP contribution in [0.5, 0.6) is 0 Å². The predicted molar refractivity (Wildman–Crippen MR) is 88.6 cm³/mol. The molecule has 0 aromatic carbocycles. The first-order valence-corrected chi connectivity index (χ1v) is 8.21. The summed E-state index contributed by atoms with van der Waals surface area (Å²) in [5.41, 5.74) is 1.02. The molecule has 2 rings (SSSR count). The summed E-state index contributed by atoms with van der Waals surface area (Å²) in [6, 6.07) is 2.28. The Kier molecular flexibility index (Phi) is 6.85. The van der Waals surface area contributed by atoms with Crippen LogP contribution in [-0.2, 0) is 21.3 Å². The highest BCUT2D eigenvalue weighted by Crippen LogP contribution is 2.20. The van der Waals surface area contributed by atoms with Crippen molar-refractivity contribution in [3.63, 3.8) is 0 Å². The zero-order valence-electron chi connectivity index (χ0n) is 14.4. The Balaban J connectivity index is 1.75. The number of piperidine rings is 1. The molecule has 7 nitrogen and oxygen atoms in total. The van der Waals surface area contributed by atoms with Crippen LogP contribution in [0.25, 0.3) is 0 Å². The van der Waals surface area contributed by atoms with Crippen molar-refractivity contribution in [2.75, 3.05) is 44.9 Å². The zero-order valence-corrected chi connectivity index (χ0v) is 14.4. The number of rotatable bonds is 8. The number of nitrogens with one attached hydrogen (secondary N) is 1. The lowest BCUT2D eigenvalue weighted by atomic mass is 10.1. The van der Waals surface area contributed by atoms with Crippen molar-refractivity contribution >= 4 is 11.7 Å². The van der Waals surface area contributed by atoms with Crippen LogP contribution >= 0.6 is 0 Å². The van der Waals surface area contributed by atoms with Gasteiger partial charge in [-0.05, 0) is 19.8 Å². The Morgan fingerprint density at radius 1 is 1.43 bits per heavy atom. The number of ether oxygens (including phenoxy) is 2. The molecule has 23 heavy (non-hydrogen) atoms. The Labute approximate surface area is 137 Å². The highest BCUT2D eigenvalue weighted by molar-refractivity contribution is 5.76. The summed E-state index contributed by atoms with van der Waals surface area (Å²) in [7, 11) is 3.59. The number of amides is 1. The van der Waals surface area contributed by atoms with Crippen molar-refractivity contribution in [2.24, 2.45) is 7.05 Å². The van der Waals surface area contributed by atoms with Crippen molar-refractivity contribution in [1.29, 1.82) is 0 Å². The molecule has 0 aliphatic carbocycles. The normalized spacial score (nSPS) is 18.2. The number of methoxy groups -OCH3 is 1. The summed E-state index contributed by atoms with van der Waals surface area (Å²) < 4.78 is 12.1. The van der Waals surface area contributed by atoms with E-state index < -0.39 is 0 Å². The SMILES string of the molecule is COCCOCCC(=O)N[C@H]1CCCN(c2cc(C)nn2C)C1. The first-order chi connectivity index (χ1) is 11.1. The third-order valence-corrected chi connectivity index (χ3v) is 3.99. The Morgan fingerprint density at radius 3 is 2.96 bits per heavy atom. The van der Waals surface area contributed by atoms with Crippen molar-refractivity contribution in [2.45, 2.75) is 32.2 Å². The maximum atomic E-state index is 12.0. The van der Waals surface area contributed by atoms with E-state index in [0.29, 0.717) is 26.2 Å². The topological polar surface area (TPSA) is 68.6 Å². The smallest absolute Gasteiger partial charge is 0.222 e. The monoisotopic (exact) mass is 324 g/mol. The van der Waals surface area contributed by atoms with Crippen molar-refractivity contribution in [3.05, 3.63) is 11.8 Å². The molecule has 1 saturated heterocycles. The molecule has 7 heteroatoms. The molecule has 0 bridgehead atoms. The van der Waals surface area contributed by atoms with E-state index in [-0.39, 0.29) is 11.9 Å². The van der Waals surface area contributed by atoms with E-state index in [2.05, 4.69) is 21.4 Å². The van der Waals surface area contributed by atoms with E-state index in [9.17, 15) is 4.79 Å². The summed E-state index contributed by atoms with van der Waals surface area (Å²) in [5.74, 6) is 1.17. The maximum absolute atomic E-state index is 12.0. The van der Waals surface area contributed by atoms with Gasteiger partial charge in [0.05, 0.1) is 25.5 Å². The van der Waals surface area contributed by atoms with Crippen LogP contribution in [0.2, 0.25) is 0 Å². The van der Waals surface area contributed by atoms with Gasteiger partial charge in [0.1, 0.15) is 5.82 Å². The second-order valence-electron chi connectivity index (χ2n) is 5.98. The molecule has 130 valence electrons. The summed E-state index contributed by atoms with van der Waals surface area (Å²) in [6.07, 6.45) is 2.48. The average Bonchev–Trinajstić information content (AvgIpc) is 2.86. The number of hydrogen-bond donors (Lipinski definition) is 1. The summed E-state index contributed by atoms with van der Waals surface area (Å²) >= 11 is 0. The molecule has 1 amide bonds. The van der Waals surface area contributed by atoms with Crippen LogP contribution in [0.15, 0.2) is 6.07 Å². The highest BCUT2D eigenvalue weighted by Gasteiger charge is 2.23. The molecule has 1 N–H and O–H groups in total. The van der Waals surface area contributed by atoms with Gasteiger partial charge in [0.25, 0.3) is 0 Å². The first kappa shape index (κ1) is 17.7. The van der Waals surface area contributed by atoms with Gasteiger partial charge in [0, 0.05) is 45.8 Å². The van der Waals surface area contributed by atoms with E-state index in [1.807, 2.05) is 18.7 Å². The minimum absolute atomic E-state index is 0.0513. The number of anilines is 1. The van der Waals surface area contributed by atoms with E-state index in [4.69, 9.17) is 9.47 Å². The van der Waals surface area contributed by atoms with Gasteiger partial charge >= 0.3 is 0 Å². The molecule has 1 atom stereocenters. The molecular formula is C16H28N4O3. The van der Waals surface area contributed by atoms with Crippen LogP contribution in [0, 0.1) is 6.92 Å². The second kappa shape index (κ2) is 8.88. The Morgan fingerprint density at radius 2 is 2.26 bits per heavy atom. The number of hydrogen-bond acceptors (Lipinski definition) is 5. The van der Waals surface area contributed by atoms with Crippen molar-refractivity contribution < 1.29 is 14.3 Å². The van der Waals surface area contributed by atoms with Gasteiger partial charge < -0.3 is 19.7 Å². The van der Waals surface area contributed by atoms with Crippen LogP contribution < -0.4 is 10.2 Å². The van der Waals surface area contributed by atoms with Gasteiger partial charge in [0.2, 0.25) is 5.91 Å². The maximum Gasteiger partial charge on any atom is 0.222 e. The van der Waals surface area contributed by atoms with Gasteiger partial charge in [-0.25, -0.2) is 0 Å². The third kappa shape index (κ3) is 5.51. The van der Waals surface area contributed by atoms with Crippen molar-refractivity contribution in [1.82, 2.24) is 15.1 Å². The highest BCUT2D eigenvalue weighted by atomic mass is 16.5. The number of carbonyl (C=O) groups excluding carboxylic acids is 1. The van der Waals surface area contributed by atoms with Gasteiger partial charge in [-0.3, -0.25) is 9.48 Å². The van der Waals surface area contributed by atoms with Gasteiger partial charge in [-0.2, -0.15) is 5.10 Å². The minimum Gasteiger partial charge on any atom is -0.382 e. The van der Waals surface area contributed by atoms with E-state index in [1.165, 1.54) is 0 Å². The summed E-state index contributed by atoms with van der Waals surface area (Å²) in [5, 5.41) is 7.51. The molecule has 2 heterocycles. The molecule has 1 aromatic heterocycles. The second-order valence-corrected chi connectivity index (χ2v) is 5.98. The molecule has 0 spiro atoms. The lowest BCUT2D eigenvalue weighted by Crippen LogP contribution is -2.48. The summed E-state index contributed by atoms with van der Waals surface area (Å²) in [6.45, 7) is 5.35. The Bertz CT molecular complexity index is 504. The molecule has 0 saturated carbocycles. The number of nitrogens with zero attached hydrogens (tertiary/aromatic N) is 3. The van der Waals surface area contributed by atoms with Crippen LogP contribution in [-0.4, -0.2) is 61.7 Å². The van der Waals surface area contributed by atoms with E-state index in [0.717, 1.165) is 37.4 Å². The van der Waals surface area contributed by atoms with Crippen LogP contribution in [0.3, 0.4) is 0 Å². The fourth-order valence-corrected chi connectivity index (χ4v) is 2.90. The largest absolute Gasteiger partial charge is 0.382 e. The predicted octanol–water partition coefficient (Wildman–Crippen LogP) is 0.867. The molecule has 1 aromatic rings. The average molecular weight is 324 g/mol. The number of aromatic nitrogens is 2. The van der Waals surface area contributed by atoms with Gasteiger partial charge in [0.15, 0.2) is 0 Å². The molecule has 1 fully saturated rings. The van der Waals surface area contributed by atoms with Crippen LogP contribution in [0.1, 0.15) is 25.0 Å². The quantitative estimate of drug-likeness (QED) is 0.719. The number of aryl methyl sites for hydroxylation is 2. The van der Waals surface area contributed by atoms with Crippen LogP contribution in [0.4, 0.5) is 5.82 Å². The minimum atomic E-state index is 0.0513. The van der Waals surface area contributed by atoms with E-state index in [1.54, 1.807) is 7.11 Å². The lowest BCUT2D eigenvalue weighted by Gasteiger charge is -2.34. The molecule has 1 aliphatic rings. The molecule has 1 aliphatic heterocycles. The van der Waals surface area contributed by atoms with Gasteiger partial charge in [-0.15, -0.1) is 0 Å². The molecule has 0 unspecified atom stereocenters. The summed E-state index contributed by atoms with van der Waals surface area (Å²) in [4.78, 5) is 14.3. The Hall–Kier alpha value is -1.60. The lowest BCUT2D eigenvalue weighted by molar-refractivity contribution is -0.123. The number of carbonyl (C=O) groups is 1. The van der Waals surface area contributed by atoms with Gasteiger partial charge in [-0.1, -0.05) is 0 Å². The fourth-order valence-electron chi connectivity index (χ4n) is 2.90.